The summed E-state index contributed by atoms with van der Waals surface area (Å²) in [6.07, 6.45) is 2.23. The Hall–Kier alpha value is -2.90. The van der Waals surface area contributed by atoms with Crippen molar-refractivity contribution in [3.63, 3.8) is 0 Å². The lowest BCUT2D eigenvalue weighted by Crippen LogP contribution is -2.38. The van der Waals surface area contributed by atoms with Crippen LogP contribution in [0.2, 0.25) is 0 Å². The maximum atomic E-state index is 12.0. The predicted molar refractivity (Wildman–Crippen MR) is 125 cm³/mol. The van der Waals surface area contributed by atoms with Crippen LogP contribution in [0.5, 0.6) is 5.75 Å². The number of benzene rings is 2. The third-order valence-electron chi connectivity index (χ3n) is 5.29. The second-order valence-electron chi connectivity index (χ2n) is 8.07. The molecule has 2 aromatic rings. The molecule has 0 aliphatic carbocycles. The van der Waals surface area contributed by atoms with Crippen molar-refractivity contribution in [2.75, 3.05) is 27.9 Å². The summed E-state index contributed by atoms with van der Waals surface area (Å²) >= 11 is 0. The number of carbonyl (C=O) groups excluding carboxylic acids is 2. The van der Waals surface area contributed by atoms with Gasteiger partial charge in [0.05, 0.1) is 7.11 Å². The number of amides is 2. The maximum Gasteiger partial charge on any atom is 0.224 e. The first-order chi connectivity index (χ1) is 15.4. The van der Waals surface area contributed by atoms with Gasteiger partial charge in [-0.25, -0.2) is 0 Å². The van der Waals surface area contributed by atoms with E-state index in [0.717, 1.165) is 38.2 Å². The molecule has 2 aliphatic heterocycles. The molecular formula is C25H35N3O4. The summed E-state index contributed by atoms with van der Waals surface area (Å²) in [6.45, 7) is 4.86. The van der Waals surface area contributed by atoms with Crippen molar-refractivity contribution in [3.05, 3.63) is 64.7 Å². The summed E-state index contributed by atoms with van der Waals surface area (Å²) in [6, 6.07) is 14.1. The van der Waals surface area contributed by atoms with Crippen LogP contribution in [0.15, 0.2) is 42.5 Å². The molecule has 32 heavy (non-hydrogen) atoms. The summed E-state index contributed by atoms with van der Waals surface area (Å²) in [5, 5.41) is 0. The van der Waals surface area contributed by atoms with Crippen LogP contribution in [-0.2, 0) is 40.4 Å². The Labute approximate surface area is 191 Å². The van der Waals surface area contributed by atoms with Gasteiger partial charge in [0.25, 0.3) is 0 Å². The van der Waals surface area contributed by atoms with Gasteiger partial charge in [-0.05, 0) is 47.7 Å². The van der Waals surface area contributed by atoms with E-state index in [1.54, 1.807) is 26.2 Å². The Morgan fingerprint density at radius 3 is 2.19 bits per heavy atom. The van der Waals surface area contributed by atoms with E-state index < -0.39 is 0 Å². The van der Waals surface area contributed by atoms with Crippen molar-refractivity contribution in [3.8, 4) is 5.75 Å². The monoisotopic (exact) mass is 441 g/mol. The molecule has 0 spiro atoms. The maximum absolute atomic E-state index is 12.0. The number of carbonyl (C=O) groups is 2. The van der Waals surface area contributed by atoms with Crippen molar-refractivity contribution in [2.45, 2.75) is 45.4 Å². The minimum atomic E-state index is -0.0794. The van der Waals surface area contributed by atoms with E-state index >= 15 is 0 Å². The van der Waals surface area contributed by atoms with E-state index in [0.29, 0.717) is 13.0 Å². The van der Waals surface area contributed by atoms with Crippen LogP contribution in [0.3, 0.4) is 0 Å². The molecule has 7 nitrogen and oxygen atoms in total. The lowest BCUT2D eigenvalue weighted by Gasteiger charge is -2.29. The van der Waals surface area contributed by atoms with Gasteiger partial charge in [0.2, 0.25) is 12.3 Å². The molecule has 0 fully saturated rings. The molecule has 2 amide bonds. The third-order valence-corrected chi connectivity index (χ3v) is 5.29. The number of nitrogens with zero attached hydrogens (tertiary/aromatic N) is 2. The molecule has 2 N–H and O–H groups in total. The fraction of sp³-hybridized carbons (Fsp3) is 0.440. The first-order valence-corrected chi connectivity index (χ1v) is 10.8. The van der Waals surface area contributed by atoms with Crippen molar-refractivity contribution in [1.82, 2.24) is 9.80 Å². The van der Waals surface area contributed by atoms with Gasteiger partial charge in [0, 0.05) is 52.9 Å². The topological polar surface area (TPSA) is 85.1 Å². The largest absolute Gasteiger partial charge is 0.497 e. The van der Waals surface area contributed by atoms with Crippen LogP contribution in [-0.4, -0.2) is 56.0 Å². The zero-order valence-electron chi connectivity index (χ0n) is 19.5. The predicted octanol–water partition coefficient (Wildman–Crippen LogP) is 2.74. The molecule has 0 saturated heterocycles. The Bertz CT molecular complexity index is 860. The molecule has 2 aliphatic rings. The average molecular weight is 442 g/mol. The molecular weight excluding hydrogens is 406 g/mol. The van der Waals surface area contributed by atoms with Crippen molar-refractivity contribution in [1.29, 1.82) is 0 Å². The van der Waals surface area contributed by atoms with E-state index in [-0.39, 0.29) is 11.9 Å². The highest BCUT2D eigenvalue weighted by Gasteiger charge is 2.21. The molecule has 2 heterocycles. The van der Waals surface area contributed by atoms with Crippen LogP contribution >= 0.6 is 0 Å². The zero-order valence-corrected chi connectivity index (χ0v) is 19.5. The lowest BCUT2D eigenvalue weighted by molar-refractivity contribution is -0.132. The van der Waals surface area contributed by atoms with Crippen LogP contribution in [0, 0.1) is 0 Å². The summed E-state index contributed by atoms with van der Waals surface area (Å²) in [5.74, 6) is 0.980. The van der Waals surface area contributed by atoms with Crippen molar-refractivity contribution in [2.24, 2.45) is 5.73 Å². The van der Waals surface area contributed by atoms with Gasteiger partial charge < -0.3 is 25.0 Å². The van der Waals surface area contributed by atoms with E-state index in [4.69, 9.17) is 10.5 Å². The van der Waals surface area contributed by atoms with Gasteiger partial charge in [-0.3, -0.25) is 9.59 Å². The lowest BCUT2D eigenvalue weighted by atomic mass is 9.99. The Kier molecular flexibility index (Phi) is 10.2. The number of rotatable bonds is 4. The fourth-order valence-corrected chi connectivity index (χ4v) is 3.71. The second kappa shape index (κ2) is 12.8. The normalized spacial score (nSPS) is 14.7. The van der Waals surface area contributed by atoms with Gasteiger partial charge in [0.15, 0.2) is 0 Å². The quantitative estimate of drug-likeness (QED) is 0.738. The van der Waals surface area contributed by atoms with Crippen LogP contribution in [0.25, 0.3) is 0 Å². The number of methoxy groups -OCH3 is 2. The van der Waals surface area contributed by atoms with Gasteiger partial charge in [-0.2, -0.15) is 0 Å². The molecule has 0 bridgehead atoms. The Morgan fingerprint density at radius 1 is 1.03 bits per heavy atom. The van der Waals surface area contributed by atoms with Gasteiger partial charge in [-0.1, -0.05) is 30.3 Å². The SMILES string of the molecule is COC.COc1ccc2c(c1)CN(C(=O)CC(C)N)CC2.O=CN1Cc2ccccc2C1. The highest BCUT2D eigenvalue weighted by Crippen LogP contribution is 2.24. The standard InChI is InChI=1S/C14H20N2O2.C9H9NO.C2H6O/c1-10(15)7-14(17)16-6-5-11-3-4-13(18-2)8-12(11)9-16;11-7-10-5-8-3-1-2-4-9(8)6-10;1-3-2/h3-4,8,10H,5-7,9,15H2,1-2H3;1-4,7H,5-6H2;1-2H3. The molecule has 174 valence electrons. The van der Waals surface area contributed by atoms with Gasteiger partial charge in [-0.15, -0.1) is 0 Å². The summed E-state index contributed by atoms with van der Waals surface area (Å²) in [5.41, 5.74) is 10.7. The fourth-order valence-electron chi connectivity index (χ4n) is 3.71. The van der Waals surface area contributed by atoms with Crippen LogP contribution in [0.1, 0.15) is 35.6 Å². The first kappa shape index (κ1) is 25.4. The number of ether oxygens (including phenoxy) is 2. The Balaban J connectivity index is 0.000000220. The smallest absolute Gasteiger partial charge is 0.224 e. The molecule has 2 aromatic carbocycles. The van der Waals surface area contributed by atoms with Gasteiger partial charge >= 0.3 is 0 Å². The van der Waals surface area contributed by atoms with E-state index in [1.165, 1.54) is 22.3 Å². The molecule has 0 radical (unpaired) electrons. The van der Waals surface area contributed by atoms with Gasteiger partial charge in [0.1, 0.15) is 5.75 Å². The summed E-state index contributed by atoms with van der Waals surface area (Å²) in [4.78, 5) is 26.0. The van der Waals surface area contributed by atoms with E-state index in [9.17, 15) is 9.59 Å². The molecule has 0 saturated carbocycles. The molecule has 1 unspecified atom stereocenters. The van der Waals surface area contributed by atoms with Crippen molar-refractivity contribution >= 4 is 12.3 Å². The second-order valence-corrected chi connectivity index (χ2v) is 8.07. The number of hydrogen-bond donors (Lipinski definition) is 1. The van der Waals surface area contributed by atoms with E-state index in [2.05, 4.69) is 22.9 Å². The average Bonchev–Trinajstić information content (AvgIpc) is 3.22. The number of hydrogen-bond acceptors (Lipinski definition) is 5. The third kappa shape index (κ3) is 7.35. The summed E-state index contributed by atoms with van der Waals surface area (Å²) in [7, 11) is 4.91. The van der Waals surface area contributed by atoms with Crippen LogP contribution in [0.4, 0.5) is 0 Å². The zero-order chi connectivity index (χ0) is 23.5. The highest BCUT2D eigenvalue weighted by atomic mass is 16.5. The molecule has 1 atom stereocenters. The minimum absolute atomic E-state index is 0.0794. The number of fused-ring (bicyclic) bond motifs is 2. The number of nitrogens with two attached hydrogens (primary N) is 1. The Morgan fingerprint density at radius 2 is 1.66 bits per heavy atom. The summed E-state index contributed by atoms with van der Waals surface area (Å²) < 4.78 is 9.47. The van der Waals surface area contributed by atoms with E-state index in [1.807, 2.05) is 36.1 Å². The highest BCUT2D eigenvalue weighted by molar-refractivity contribution is 5.77. The first-order valence-electron chi connectivity index (χ1n) is 10.8. The molecule has 7 heteroatoms. The minimum Gasteiger partial charge on any atom is -0.497 e. The molecule has 4 rings (SSSR count). The molecule has 0 aromatic heterocycles. The van der Waals surface area contributed by atoms with Crippen molar-refractivity contribution < 1.29 is 19.1 Å². The van der Waals surface area contributed by atoms with Crippen LogP contribution < -0.4 is 10.5 Å².